The number of aliphatic hydroxyl groups is 4. The Hall–Kier alpha value is -0.720. The molecule has 4 aliphatic carbocycles. The summed E-state index contributed by atoms with van der Waals surface area (Å²) in [7, 11) is 0. The van der Waals surface area contributed by atoms with Gasteiger partial charge in [0.25, 0.3) is 0 Å². The normalized spacial score (nSPS) is 52.3. The van der Waals surface area contributed by atoms with Gasteiger partial charge in [0.05, 0.1) is 12.7 Å². The lowest BCUT2D eigenvalue weighted by atomic mass is 9.33. The van der Waals surface area contributed by atoms with Crippen molar-refractivity contribution >= 4 is 0 Å². The van der Waals surface area contributed by atoms with E-state index in [9.17, 15) is 20.4 Å². The van der Waals surface area contributed by atoms with E-state index in [1.165, 1.54) is 0 Å². The molecule has 4 N–H and O–H groups in total. The van der Waals surface area contributed by atoms with Crippen molar-refractivity contribution in [3.05, 3.63) is 23.8 Å². The molecule has 2 bridgehead atoms. The number of rotatable bonds is 4. The molecule has 0 amide bonds. The Morgan fingerprint density at radius 3 is 2.26 bits per heavy atom. The van der Waals surface area contributed by atoms with Crippen LogP contribution in [0.2, 0.25) is 0 Å². The number of allylic oxidation sites excluding steroid dienone is 1. The highest BCUT2D eigenvalue weighted by Gasteiger charge is 2.75. The molecule has 6 aliphatic rings. The highest BCUT2D eigenvalue weighted by atomic mass is 16.6. The minimum Gasteiger partial charge on any atom is -0.393 e. The third-order valence-electron chi connectivity index (χ3n) is 12.6. The van der Waals surface area contributed by atoms with E-state index in [4.69, 9.17) is 4.74 Å². The highest BCUT2D eigenvalue weighted by Crippen LogP contribution is 2.77. The molecule has 6 fully saturated rings. The van der Waals surface area contributed by atoms with Crippen LogP contribution in [0.1, 0.15) is 86.5 Å². The van der Waals surface area contributed by atoms with Crippen LogP contribution >= 0.6 is 0 Å². The second-order valence-electron chi connectivity index (χ2n) is 14.2. The maximum Gasteiger partial charge on any atom is 0.170 e. The van der Waals surface area contributed by atoms with Gasteiger partial charge in [-0.2, -0.15) is 0 Å². The van der Waals surface area contributed by atoms with E-state index in [0.29, 0.717) is 36.4 Å². The third-order valence-corrected chi connectivity index (χ3v) is 12.6. The molecule has 4 saturated carbocycles. The second kappa shape index (κ2) is 7.89. The number of hydrogen-bond donors (Lipinski definition) is 4. The molecule has 5 nitrogen and oxygen atoms in total. The first-order valence-electron chi connectivity index (χ1n) is 13.9. The number of ether oxygens (including phenoxy) is 1. The van der Waals surface area contributed by atoms with Crippen LogP contribution in [0, 0.1) is 45.3 Å². The Morgan fingerprint density at radius 1 is 1.00 bits per heavy atom. The first-order valence-corrected chi connectivity index (χ1v) is 13.9. The predicted octanol–water partition coefficient (Wildman–Crippen LogP) is 4.59. The lowest BCUT2D eigenvalue weighted by Crippen LogP contribution is -2.75. The SMILES string of the molecule is C=C(C)C(O)[C@@H](O)/C=C(\C)[C@H]1CC[C@]2(C)[C@@H]1C[C@@H](O)[C@@H]1[C@]34CC[C@](O)(OC3)C(C)(C)[C@@H]4CC[C@]12C. The van der Waals surface area contributed by atoms with Gasteiger partial charge in [-0.1, -0.05) is 45.9 Å². The summed E-state index contributed by atoms with van der Waals surface area (Å²) in [6, 6.07) is 0. The van der Waals surface area contributed by atoms with Crippen LogP contribution in [0.3, 0.4) is 0 Å². The molecule has 198 valence electrons. The van der Waals surface area contributed by atoms with Gasteiger partial charge in [-0.25, -0.2) is 0 Å². The van der Waals surface area contributed by atoms with Crippen molar-refractivity contribution in [3.8, 4) is 0 Å². The lowest BCUT2D eigenvalue weighted by Gasteiger charge is -2.74. The van der Waals surface area contributed by atoms with E-state index in [1.54, 1.807) is 6.92 Å². The van der Waals surface area contributed by atoms with Crippen molar-refractivity contribution in [3.63, 3.8) is 0 Å². The molecule has 0 aromatic heterocycles. The zero-order chi connectivity index (χ0) is 25.8. The van der Waals surface area contributed by atoms with Crippen LogP contribution in [-0.2, 0) is 4.74 Å². The smallest absolute Gasteiger partial charge is 0.170 e. The van der Waals surface area contributed by atoms with Crippen LogP contribution in [0.15, 0.2) is 23.8 Å². The molecule has 1 spiro atoms. The highest BCUT2D eigenvalue weighted by molar-refractivity contribution is 5.25. The Morgan fingerprint density at radius 2 is 1.66 bits per heavy atom. The summed E-state index contributed by atoms with van der Waals surface area (Å²) >= 11 is 0. The van der Waals surface area contributed by atoms with Crippen molar-refractivity contribution in [2.45, 2.75) is 111 Å². The van der Waals surface area contributed by atoms with Crippen LogP contribution < -0.4 is 0 Å². The molecular weight excluding hydrogens is 440 g/mol. The average molecular weight is 489 g/mol. The molecule has 2 heterocycles. The first-order chi connectivity index (χ1) is 16.1. The topological polar surface area (TPSA) is 90.2 Å². The van der Waals surface area contributed by atoms with Gasteiger partial charge < -0.3 is 25.2 Å². The quantitative estimate of drug-likeness (QED) is 0.435. The van der Waals surface area contributed by atoms with Gasteiger partial charge in [0.1, 0.15) is 12.2 Å². The number of fused-ring (bicyclic) bond motifs is 5. The van der Waals surface area contributed by atoms with Crippen molar-refractivity contribution in [2.24, 2.45) is 45.3 Å². The van der Waals surface area contributed by atoms with Gasteiger partial charge in [0.15, 0.2) is 5.79 Å². The van der Waals surface area contributed by atoms with Crippen molar-refractivity contribution in [1.82, 2.24) is 0 Å². The van der Waals surface area contributed by atoms with Gasteiger partial charge in [-0.3, -0.25) is 0 Å². The zero-order valence-corrected chi connectivity index (χ0v) is 22.7. The monoisotopic (exact) mass is 488 g/mol. The van der Waals surface area contributed by atoms with E-state index in [1.807, 2.05) is 6.08 Å². The Balaban J connectivity index is 1.49. The zero-order valence-electron chi connectivity index (χ0n) is 22.7. The summed E-state index contributed by atoms with van der Waals surface area (Å²) < 4.78 is 6.25. The predicted molar refractivity (Wildman–Crippen MR) is 136 cm³/mol. The fourth-order valence-corrected chi connectivity index (χ4v) is 10.5. The van der Waals surface area contributed by atoms with Crippen LogP contribution in [-0.4, -0.2) is 51.1 Å². The molecule has 5 heteroatoms. The largest absolute Gasteiger partial charge is 0.393 e. The van der Waals surface area contributed by atoms with E-state index in [-0.39, 0.29) is 27.6 Å². The summed E-state index contributed by atoms with van der Waals surface area (Å²) in [6.07, 6.45) is 6.18. The third kappa shape index (κ3) is 3.17. The molecule has 11 atom stereocenters. The Labute approximate surface area is 211 Å². The summed E-state index contributed by atoms with van der Waals surface area (Å²) in [4.78, 5) is 0. The molecule has 0 radical (unpaired) electrons. The maximum absolute atomic E-state index is 11.9. The molecule has 0 aromatic carbocycles. The van der Waals surface area contributed by atoms with E-state index in [2.05, 4.69) is 41.2 Å². The van der Waals surface area contributed by atoms with Crippen molar-refractivity contribution in [2.75, 3.05) is 6.61 Å². The Bertz CT molecular complexity index is 914. The maximum atomic E-state index is 11.9. The van der Waals surface area contributed by atoms with Crippen molar-refractivity contribution < 1.29 is 25.2 Å². The van der Waals surface area contributed by atoms with E-state index >= 15 is 0 Å². The molecule has 2 saturated heterocycles. The first kappa shape index (κ1) is 25.9. The fourth-order valence-electron chi connectivity index (χ4n) is 10.5. The van der Waals surface area contributed by atoms with E-state index < -0.39 is 24.1 Å². The number of aliphatic hydroxyl groups excluding tert-OH is 3. The van der Waals surface area contributed by atoms with Gasteiger partial charge in [-0.05, 0) is 92.4 Å². The van der Waals surface area contributed by atoms with E-state index in [0.717, 1.165) is 44.1 Å². The molecule has 35 heavy (non-hydrogen) atoms. The van der Waals surface area contributed by atoms with Crippen LogP contribution in [0.5, 0.6) is 0 Å². The van der Waals surface area contributed by atoms with Gasteiger partial charge in [0.2, 0.25) is 0 Å². The Kier molecular flexibility index (Phi) is 5.84. The van der Waals surface area contributed by atoms with Gasteiger partial charge >= 0.3 is 0 Å². The van der Waals surface area contributed by atoms with Crippen molar-refractivity contribution in [1.29, 1.82) is 0 Å². The summed E-state index contributed by atoms with van der Waals surface area (Å²) in [5.74, 6) is 0.112. The molecule has 6 rings (SSSR count). The second-order valence-corrected chi connectivity index (χ2v) is 14.2. The lowest BCUT2D eigenvalue weighted by molar-refractivity contribution is -0.404. The standard InChI is InChI=1S/C30H48O5/c1-17(2)24(33)21(31)14-18(3)19-8-10-27(6)20(19)15-22(32)25-28(27,7)11-9-23-26(4,5)30(34)13-12-29(23,25)16-35-30/h14,19-25,31-34H,1,8-13,15-16H2,2-7H3/b18-14+/t19-,20-,21+,22-,23+,24?,25+,27-,28-,29-,30+/m1/s1. The number of hydrogen-bond acceptors (Lipinski definition) is 5. The minimum atomic E-state index is -1.05. The summed E-state index contributed by atoms with van der Waals surface area (Å²) in [5, 5.41) is 44.1. The van der Waals surface area contributed by atoms with Crippen LogP contribution in [0.25, 0.3) is 0 Å². The molecule has 1 unspecified atom stereocenters. The molecule has 2 aliphatic heterocycles. The minimum absolute atomic E-state index is 0.0110. The van der Waals surface area contributed by atoms with Gasteiger partial charge in [0, 0.05) is 17.3 Å². The molecule has 0 aromatic rings. The van der Waals surface area contributed by atoms with Gasteiger partial charge in [-0.15, -0.1) is 0 Å². The summed E-state index contributed by atoms with van der Waals surface area (Å²) in [6.45, 7) is 17.4. The summed E-state index contributed by atoms with van der Waals surface area (Å²) in [5.41, 5.74) is 1.36. The fraction of sp³-hybridized carbons (Fsp3) is 0.867. The average Bonchev–Trinajstić information content (AvgIpc) is 3.12. The molecular formula is C30H48O5. The van der Waals surface area contributed by atoms with Crippen LogP contribution in [0.4, 0.5) is 0 Å².